The quantitative estimate of drug-likeness (QED) is 0.341. The molecule has 0 N–H and O–H groups in total. The lowest BCUT2D eigenvalue weighted by molar-refractivity contribution is -0.122. The van der Waals surface area contributed by atoms with Crippen LogP contribution in [0.3, 0.4) is 0 Å². The predicted molar refractivity (Wildman–Crippen MR) is 145 cm³/mol. The van der Waals surface area contributed by atoms with Crippen molar-refractivity contribution in [1.82, 2.24) is 9.88 Å². The van der Waals surface area contributed by atoms with Crippen LogP contribution in [-0.4, -0.2) is 41.2 Å². The van der Waals surface area contributed by atoms with Crippen LogP contribution in [0.4, 0.5) is 11.4 Å². The number of amidine groups is 1. The number of thiazole rings is 1. The third-order valence-electron chi connectivity index (χ3n) is 5.72. The van der Waals surface area contributed by atoms with Gasteiger partial charge in [0, 0.05) is 24.1 Å². The van der Waals surface area contributed by atoms with E-state index in [4.69, 9.17) is 9.73 Å². The monoisotopic (exact) mass is 510 g/mol. The molecule has 1 fully saturated rings. The van der Waals surface area contributed by atoms with Crippen LogP contribution in [0.25, 0.3) is 10.2 Å². The molecule has 2 aromatic carbocycles. The molecule has 3 heterocycles. The number of fused-ring (bicyclic) bond motifs is 2. The molecule has 0 saturated carbocycles. The first-order chi connectivity index (χ1) is 16.5. The summed E-state index contributed by atoms with van der Waals surface area (Å²) >= 11 is 4.80. The second kappa shape index (κ2) is 9.64. The van der Waals surface area contributed by atoms with Gasteiger partial charge in [-0.25, -0.2) is 9.98 Å². The van der Waals surface area contributed by atoms with E-state index in [1.54, 1.807) is 30.2 Å². The highest BCUT2D eigenvalue weighted by molar-refractivity contribution is 8.19. The van der Waals surface area contributed by atoms with E-state index in [0.29, 0.717) is 6.54 Å². The Morgan fingerprint density at radius 3 is 2.71 bits per heavy atom. The van der Waals surface area contributed by atoms with Crippen LogP contribution in [0.15, 0.2) is 56.2 Å². The minimum Gasteiger partial charge on any atom is -0.497 e. The number of hydrogen-bond donors (Lipinski definition) is 0. The zero-order chi connectivity index (χ0) is 23.8. The van der Waals surface area contributed by atoms with Crippen LogP contribution in [0.1, 0.15) is 31.7 Å². The molecule has 2 aliphatic rings. The van der Waals surface area contributed by atoms with Crippen molar-refractivity contribution in [2.75, 3.05) is 25.1 Å². The summed E-state index contributed by atoms with van der Waals surface area (Å²) in [7, 11) is 1.68. The Morgan fingerprint density at radius 2 is 1.94 bits per heavy atom. The molecule has 2 aliphatic heterocycles. The Kier molecular flexibility index (Phi) is 6.59. The molecule has 0 bridgehead atoms. The van der Waals surface area contributed by atoms with E-state index in [1.807, 2.05) is 36.1 Å². The van der Waals surface area contributed by atoms with E-state index < -0.39 is 0 Å². The second-order valence-electron chi connectivity index (χ2n) is 8.01. The molecule has 5 rings (SSSR count). The average Bonchev–Trinajstić information content (AvgIpc) is 3.48. The molecule has 0 atom stereocenters. The van der Waals surface area contributed by atoms with Gasteiger partial charge in [0.1, 0.15) is 15.7 Å². The molecule has 0 aliphatic carbocycles. The van der Waals surface area contributed by atoms with Gasteiger partial charge in [0.05, 0.1) is 33.7 Å². The zero-order valence-corrected chi connectivity index (χ0v) is 22.1. The molecule has 9 heteroatoms. The van der Waals surface area contributed by atoms with E-state index in [9.17, 15) is 4.79 Å². The number of rotatable bonds is 6. The minimum absolute atomic E-state index is 0.0310. The highest BCUT2D eigenvalue weighted by atomic mass is 32.2. The van der Waals surface area contributed by atoms with Crippen molar-refractivity contribution in [2.24, 2.45) is 4.99 Å². The van der Waals surface area contributed by atoms with E-state index >= 15 is 0 Å². The van der Waals surface area contributed by atoms with Gasteiger partial charge in [-0.2, -0.15) is 0 Å². The Hall–Kier alpha value is -2.49. The number of aliphatic imine (C=N–C) groups is 1. The normalized spacial score (nSPS) is 19.1. The van der Waals surface area contributed by atoms with Crippen LogP contribution >= 0.6 is 34.9 Å². The number of thioether (sulfide) groups is 2. The van der Waals surface area contributed by atoms with Gasteiger partial charge in [-0.3, -0.25) is 9.69 Å². The molecule has 1 amide bonds. The smallest absolute Gasteiger partial charge is 0.269 e. The van der Waals surface area contributed by atoms with Gasteiger partial charge >= 0.3 is 0 Å². The lowest BCUT2D eigenvalue weighted by Crippen LogP contribution is -2.30. The molecule has 0 radical (unpaired) electrons. The molecular weight excluding hydrogens is 485 g/mol. The van der Waals surface area contributed by atoms with Gasteiger partial charge < -0.3 is 9.64 Å². The number of hydrogen-bond acceptors (Lipinski definition) is 8. The molecule has 1 saturated heterocycles. The highest BCUT2D eigenvalue weighted by Crippen LogP contribution is 2.51. The number of ether oxygens (including phenoxy) is 1. The van der Waals surface area contributed by atoms with Crippen LogP contribution in [-0.2, 0) is 4.79 Å². The number of methoxy groups -OCH3 is 1. The summed E-state index contributed by atoms with van der Waals surface area (Å²) in [5, 5.41) is 2.74. The summed E-state index contributed by atoms with van der Waals surface area (Å²) < 4.78 is 6.58. The maximum absolute atomic E-state index is 13.6. The third-order valence-corrected chi connectivity index (χ3v) is 9.05. The van der Waals surface area contributed by atoms with E-state index in [-0.39, 0.29) is 5.91 Å². The lowest BCUT2D eigenvalue weighted by Gasteiger charge is -2.19. The molecule has 176 valence electrons. The fourth-order valence-electron chi connectivity index (χ4n) is 4.02. The summed E-state index contributed by atoms with van der Waals surface area (Å²) in [5.74, 6) is 0.845. The van der Waals surface area contributed by atoms with Gasteiger partial charge in [0.15, 0.2) is 5.17 Å². The Labute approximate surface area is 212 Å². The lowest BCUT2D eigenvalue weighted by atomic mass is 10.2. The standard InChI is InChI=1S/C25H26N4O2S3/c1-5-7-12-29-23(30)22(24-28(6-2)19-14-17(31-4)9-11-21(19)33-24)34-25(29)27-16-8-10-20-18(13-16)26-15(3)32-20/h8-11,13-14H,5-7,12H2,1-4H3. The predicted octanol–water partition coefficient (Wildman–Crippen LogP) is 6.78. The number of carbonyl (C=O) groups is 1. The van der Waals surface area contributed by atoms with Crippen LogP contribution < -0.4 is 9.64 Å². The minimum atomic E-state index is 0.0310. The molecule has 34 heavy (non-hydrogen) atoms. The largest absolute Gasteiger partial charge is 0.497 e. The maximum atomic E-state index is 13.6. The Morgan fingerprint density at radius 1 is 1.09 bits per heavy atom. The number of amides is 1. The summed E-state index contributed by atoms with van der Waals surface area (Å²) in [4.78, 5) is 29.1. The molecule has 6 nitrogen and oxygen atoms in total. The molecule has 0 spiro atoms. The van der Waals surface area contributed by atoms with E-state index in [2.05, 4.69) is 35.9 Å². The maximum Gasteiger partial charge on any atom is 0.269 e. The van der Waals surface area contributed by atoms with Gasteiger partial charge in [-0.05, 0) is 62.4 Å². The molecule has 3 aromatic rings. The molecule has 1 aromatic heterocycles. The van der Waals surface area contributed by atoms with Crippen molar-refractivity contribution < 1.29 is 9.53 Å². The highest BCUT2D eigenvalue weighted by Gasteiger charge is 2.39. The van der Waals surface area contributed by atoms with Crippen LogP contribution in [0.5, 0.6) is 5.75 Å². The number of carbonyl (C=O) groups excluding carboxylic acids is 1. The summed E-state index contributed by atoms with van der Waals surface area (Å²) in [6.07, 6.45) is 1.94. The first-order valence-corrected chi connectivity index (χ1v) is 13.8. The van der Waals surface area contributed by atoms with Gasteiger partial charge in [-0.1, -0.05) is 25.1 Å². The number of anilines is 1. The Bertz CT molecular complexity index is 1330. The number of aryl methyl sites for hydroxylation is 1. The summed E-state index contributed by atoms with van der Waals surface area (Å²) in [6, 6.07) is 12.1. The van der Waals surface area contributed by atoms with Crippen molar-refractivity contribution in [2.45, 2.75) is 38.5 Å². The fraction of sp³-hybridized carbons (Fsp3) is 0.320. The van der Waals surface area contributed by atoms with Crippen LogP contribution in [0, 0.1) is 6.92 Å². The zero-order valence-electron chi connectivity index (χ0n) is 19.6. The SMILES string of the molecule is CCCCN1C(=O)C(=C2Sc3ccc(OC)cc3N2CC)SC1=Nc1ccc2sc(C)nc2c1. The van der Waals surface area contributed by atoms with Gasteiger partial charge in [0.25, 0.3) is 5.91 Å². The van der Waals surface area contributed by atoms with Crippen molar-refractivity contribution in [1.29, 1.82) is 0 Å². The number of unbranched alkanes of at least 4 members (excludes halogenated alkanes) is 1. The van der Waals surface area contributed by atoms with Gasteiger partial charge in [-0.15, -0.1) is 11.3 Å². The van der Waals surface area contributed by atoms with Crippen molar-refractivity contribution in [3.8, 4) is 5.75 Å². The summed E-state index contributed by atoms with van der Waals surface area (Å²) in [5.41, 5.74) is 2.85. The average molecular weight is 511 g/mol. The topological polar surface area (TPSA) is 58.0 Å². The molecule has 0 unspecified atom stereocenters. The third kappa shape index (κ3) is 4.21. The van der Waals surface area contributed by atoms with Crippen molar-refractivity contribution >= 4 is 67.5 Å². The fourth-order valence-corrected chi connectivity index (χ4v) is 7.22. The van der Waals surface area contributed by atoms with E-state index in [0.717, 1.165) is 71.7 Å². The van der Waals surface area contributed by atoms with Crippen LogP contribution in [0.2, 0.25) is 0 Å². The van der Waals surface area contributed by atoms with E-state index in [1.165, 1.54) is 11.8 Å². The van der Waals surface area contributed by atoms with Gasteiger partial charge in [0.2, 0.25) is 0 Å². The van der Waals surface area contributed by atoms with Crippen molar-refractivity contribution in [3.63, 3.8) is 0 Å². The summed E-state index contributed by atoms with van der Waals surface area (Å²) in [6.45, 7) is 7.68. The number of benzene rings is 2. The van der Waals surface area contributed by atoms with Crippen molar-refractivity contribution in [3.05, 3.63) is 51.3 Å². The number of aromatic nitrogens is 1. The number of nitrogens with zero attached hydrogens (tertiary/aromatic N) is 4. The first kappa shape index (κ1) is 23.3. The first-order valence-electron chi connectivity index (χ1n) is 11.4. The molecular formula is C25H26N4O2S3. The second-order valence-corrected chi connectivity index (χ2v) is 11.2. The Balaban J connectivity index is 1.54.